The van der Waals surface area contributed by atoms with Crippen LogP contribution in [-0.4, -0.2) is 19.7 Å². The molecular weight excluding hydrogens is 426 g/mol. The lowest BCUT2D eigenvalue weighted by Crippen LogP contribution is -2.04. The number of rotatable bonds is 8. The summed E-state index contributed by atoms with van der Waals surface area (Å²) < 4.78 is 7.68. The van der Waals surface area contributed by atoms with Gasteiger partial charge in [0.25, 0.3) is 0 Å². The molecule has 1 N–H and O–H groups in total. The van der Waals surface area contributed by atoms with E-state index in [1.54, 1.807) is 29.2 Å². The Labute approximate surface area is 181 Å². The number of nitrogens with zero attached hydrogens (tertiary/aromatic N) is 4. The molecule has 2 aromatic carbocycles. The topological polar surface area (TPSA) is 64.9 Å². The average molecular weight is 444 g/mol. The van der Waals surface area contributed by atoms with Crippen LogP contribution in [-0.2, 0) is 19.4 Å². The molecule has 0 fully saturated rings. The quantitative estimate of drug-likeness (QED) is 0.361. The van der Waals surface area contributed by atoms with Crippen LogP contribution in [0.5, 0.6) is 5.75 Å². The molecule has 148 valence electrons. The SMILES string of the molecule is Cn1c(COc2ccccc2Cl)nnc1SCc1csc(Nc2ccccc2)n1. The van der Waals surface area contributed by atoms with Crippen LogP contribution >= 0.6 is 34.7 Å². The standard InChI is InChI=1S/C20H18ClN5OS2/c1-26-18(11-27-17-10-6-5-9-16(17)21)24-25-20(26)29-13-15-12-28-19(23-15)22-14-7-3-2-4-8-14/h2-10,12H,11,13H2,1H3,(H,22,23). The summed E-state index contributed by atoms with van der Waals surface area (Å²) in [5.41, 5.74) is 2.02. The number of hydrogen-bond acceptors (Lipinski definition) is 7. The Morgan fingerprint density at radius 1 is 1.10 bits per heavy atom. The van der Waals surface area contributed by atoms with Crippen LogP contribution in [0.15, 0.2) is 65.1 Å². The van der Waals surface area contributed by atoms with E-state index in [2.05, 4.69) is 25.9 Å². The molecule has 0 saturated heterocycles. The summed E-state index contributed by atoms with van der Waals surface area (Å²) in [4.78, 5) is 4.63. The smallest absolute Gasteiger partial charge is 0.191 e. The number of anilines is 2. The molecule has 0 bridgehead atoms. The molecule has 0 radical (unpaired) electrons. The van der Waals surface area contributed by atoms with E-state index in [1.165, 1.54) is 0 Å². The maximum Gasteiger partial charge on any atom is 0.191 e. The van der Waals surface area contributed by atoms with E-state index < -0.39 is 0 Å². The zero-order valence-electron chi connectivity index (χ0n) is 15.6. The maximum atomic E-state index is 6.12. The normalized spacial score (nSPS) is 10.8. The number of para-hydroxylation sites is 2. The second-order valence-electron chi connectivity index (χ2n) is 6.10. The van der Waals surface area contributed by atoms with E-state index in [0.29, 0.717) is 23.1 Å². The van der Waals surface area contributed by atoms with Crippen molar-refractivity contribution in [1.29, 1.82) is 0 Å². The fourth-order valence-corrected chi connectivity index (χ4v) is 4.36. The van der Waals surface area contributed by atoms with Crippen LogP contribution in [0.2, 0.25) is 5.02 Å². The van der Waals surface area contributed by atoms with E-state index in [1.807, 2.05) is 60.1 Å². The summed E-state index contributed by atoms with van der Waals surface area (Å²) in [6, 6.07) is 17.4. The molecule has 0 amide bonds. The lowest BCUT2D eigenvalue weighted by molar-refractivity contribution is 0.290. The summed E-state index contributed by atoms with van der Waals surface area (Å²) >= 11 is 9.30. The van der Waals surface area contributed by atoms with Gasteiger partial charge in [-0.2, -0.15) is 0 Å². The monoisotopic (exact) mass is 443 g/mol. The zero-order valence-corrected chi connectivity index (χ0v) is 18.0. The number of hydrogen-bond donors (Lipinski definition) is 1. The minimum atomic E-state index is 0.301. The van der Waals surface area contributed by atoms with E-state index in [4.69, 9.17) is 16.3 Å². The molecule has 2 aromatic heterocycles. The van der Waals surface area contributed by atoms with Crippen LogP contribution in [0.1, 0.15) is 11.5 Å². The van der Waals surface area contributed by atoms with Gasteiger partial charge in [-0.15, -0.1) is 21.5 Å². The number of thiazole rings is 1. The molecule has 0 atom stereocenters. The van der Waals surface area contributed by atoms with Gasteiger partial charge in [0, 0.05) is 23.9 Å². The van der Waals surface area contributed by atoms with Crippen LogP contribution in [0.4, 0.5) is 10.8 Å². The van der Waals surface area contributed by atoms with Gasteiger partial charge in [-0.05, 0) is 24.3 Å². The molecule has 0 unspecified atom stereocenters. The Kier molecular flexibility index (Phi) is 6.33. The number of nitrogens with one attached hydrogen (secondary N) is 1. The Morgan fingerprint density at radius 3 is 2.72 bits per heavy atom. The summed E-state index contributed by atoms with van der Waals surface area (Å²) in [5.74, 6) is 2.08. The van der Waals surface area contributed by atoms with Gasteiger partial charge in [-0.3, -0.25) is 0 Å². The summed E-state index contributed by atoms with van der Waals surface area (Å²) in [7, 11) is 1.93. The van der Waals surface area contributed by atoms with E-state index in [-0.39, 0.29) is 0 Å². The number of halogens is 1. The van der Waals surface area contributed by atoms with Crippen LogP contribution < -0.4 is 10.1 Å². The highest BCUT2D eigenvalue weighted by Crippen LogP contribution is 2.27. The van der Waals surface area contributed by atoms with Gasteiger partial charge in [0.05, 0.1) is 10.7 Å². The molecule has 2 heterocycles. The van der Waals surface area contributed by atoms with Gasteiger partial charge < -0.3 is 14.6 Å². The first-order valence-electron chi connectivity index (χ1n) is 8.84. The van der Waals surface area contributed by atoms with Crippen LogP contribution in [0, 0.1) is 0 Å². The third-order valence-electron chi connectivity index (χ3n) is 4.04. The van der Waals surface area contributed by atoms with Crippen molar-refractivity contribution in [2.24, 2.45) is 7.05 Å². The van der Waals surface area contributed by atoms with Crippen LogP contribution in [0.3, 0.4) is 0 Å². The molecule has 0 saturated carbocycles. The van der Waals surface area contributed by atoms with Crippen molar-refractivity contribution in [1.82, 2.24) is 19.7 Å². The molecule has 6 nitrogen and oxygen atoms in total. The molecule has 4 aromatic rings. The second kappa shape index (κ2) is 9.30. The van der Waals surface area contributed by atoms with Gasteiger partial charge in [0.2, 0.25) is 0 Å². The van der Waals surface area contributed by atoms with Gasteiger partial charge in [-0.1, -0.05) is 53.7 Å². The molecule has 29 heavy (non-hydrogen) atoms. The first kappa shape index (κ1) is 19.8. The minimum absolute atomic E-state index is 0.301. The second-order valence-corrected chi connectivity index (χ2v) is 8.31. The maximum absolute atomic E-state index is 6.12. The molecule has 0 aliphatic heterocycles. The highest BCUT2D eigenvalue weighted by atomic mass is 35.5. The summed E-state index contributed by atoms with van der Waals surface area (Å²) in [5, 5.41) is 16.1. The Morgan fingerprint density at radius 2 is 1.90 bits per heavy atom. The third kappa shape index (κ3) is 5.09. The van der Waals surface area contributed by atoms with Crippen molar-refractivity contribution < 1.29 is 4.74 Å². The van der Waals surface area contributed by atoms with E-state index in [9.17, 15) is 0 Å². The predicted octanol–water partition coefficient (Wildman–Crippen LogP) is 5.54. The number of benzene rings is 2. The summed E-state index contributed by atoms with van der Waals surface area (Å²) in [6.07, 6.45) is 0. The molecule has 9 heteroatoms. The molecule has 4 rings (SSSR count). The molecule has 0 spiro atoms. The molecule has 0 aliphatic rings. The lowest BCUT2D eigenvalue weighted by atomic mass is 10.3. The Balaban J connectivity index is 1.33. The fourth-order valence-electron chi connectivity index (χ4n) is 2.51. The van der Waals surface area contributed by atoms with E-state index in [0.717, 1.165) is 27.5 Å². The minimum Gasteiger partial charge on any atom is -0.484 e. The zero-order chi connectivity index (χ0) is 20.1. The first-order valence-corrected chi connectivity index (χ1v) is 11.1. The summed E-state index contributed by atoms with van der Waals surface area (Å²) in [6.45, 7) is 0.301. The lowest BCUT2D eigenvalue weighted by Gasteiger charge is -2.07. The third-order valence-corrected chi connectivity index (χ3v) is 6.22. The van der Waals surface area contributed by atoms with Crippen molar-refractivity contribution in [3.63, 3.8) is 0 Å². The van der Waals surface area contributed by atoms with Crippen molar-refractivity contribution in [2.75, 3.05) is 5.32 Å². The highest BCUT2D eigenvalue weighted by molar-refractivity contribution is 7.98. The van der Waals surface area contributed by atoms with Gasteiger partial charge in [0.15, 0.2) is 16.1 Å². The van der Waals surface area contributed by atoms with Crippen molar-refractivity contribution in [2.45, 2.75) is 17.5 Å². The van der Waals surface area contributed by atoms with Gasteiger partial charge in [0.1, 0.15) is 12.4 Å². The number of aromatic nitrogens is 4. The predicted molar refractivity (Wildman–Crippen MR) is 118 cm³/mol. The Bertz CT molecular complexity index is 1080. The van der Waals surface area contributed by atoms with Gasteiger partial charge >= 0.3 is 0 Å². The van der Waals surface area contributed by atoms with Crippen LogP contribution in [0.25, 0.3) is 0 Å². The molecule has 0 aliphatic carbocycles. The van der Waals surface area contributed by atoms with Crippen molar-refractivity contribution >= 4 is 45.5 Å². The fraction of sp³-hybridized carbons (Fsp3) is 0.150. The van der Waals surface area contributed by atoms with E-state index >= 15 is 0 Å². The first-order chi connectivity index (χ1) is 14.2. The molecular formula is C20H18ClN5OS2. The van der Waals surface area contributed by atoms with Crippen molar-refractivity contribution in [3.8, 4) is 5.75 Å². The van der Waals surface area contributed by atoms with Gasteiger partial charge in [-0.25, -0.2) is 4.98 Å². The highest BCUT2D eigenvalue weighted by Gasteiger charge is 2.12. The average Bonchev–Trinajstić information content (AvgIpc) is 3.33. The number of thioether (sulfide) groups is 1. The number of ether oxygens (including phenoxy) is 1. The largest absolute Gasteiger partial charge is 0.484 e. The van der Waals surface area contributed by atoms with Crippen molar-refractivity contribution in [3.05, 3.63) is 76.5 Å². The Hall–Kier alpha value is -2.55.